The van der Waals surface area contributed by atoms with Crippen LogP contribution in [0, 0.1) is 0 Å². The van der Waals surface area contributed by atoms with Crippen LogP contribution in [0.3, 0.4) is 0 Å². The number of hydrogen-bond donors (Lipinski definition) is 2. The Balaban J connectivity index is 1.52. The second kappa shape index (κ2) is 12.0. The first-order valence-corrected chi connectivity index (χ1v) is 12.4. The van der Waals surface area contributed by atoms with Crippen molar-refractivity contribution in [3.63, 3.8) is 0 Å². The number of aliphatic hydroxyl groups excluding tert-OH is 1. The third-order valence-electron chi connectivity index (χ3n) is 5.11. The van der Waals surface area contributed by atoms with E-state index < -0.39 is 21.9 Å². The molecule has 0 radical (unpaired) electrons. The van der Waals surface area contributed by atoms with Crippen molar-refractivity contribution in [2.45, 2.75) is 22.3 Å². The van der Waals surface area contributed by atoms with Gasteiger partial charge in [0.15, 0.2) is 6.61 Å². The van der Waals surface area contributed by atoms with Gasteiger partial charge in [-0.25, -0.2) is 13.2 Å². The maximum absolute atomic E-state index is 12.9. The molecule has 9 heteroatoms. The number of methoxy groups -OCH3 is 1. The predicted octanol–water partition coefficient (Wildman–Crippen LogP) is 3.59. The average molecular weight is 504 g/mol. The van der Waals surface area contributed by atoms with Crippen molar-refractivity contribution in [2.24, 2.45) is 0 Å². The number of carbonyl (C=O) groups excluding carboxylic acids is 1. The quantitative estimate of drug-likeness (QED) is 0.304. The number of halogens is 1. The molecule has 0 aromatic heterocycles. The van der Waals surface area contributed by atoms with E-state index in [-0.39, 0.29) is 16.4 Å². The molecule has 0 aliphatic rings. The lowest BCUT2D eigenvalue weighted by atomic mass is 10.1. The first-order chi connectivity index (χ1) is 16.3. The number of benzene rings is 3. The number of ether oxygens (including phenoxy) is 2. The Hall–Kier alpha value is -2.91. The minimum absolute atomic E-state index is 0.127. The van der Waals surface area contributed by atoms with Crippen LogP contribution in [0.25, 0.3) is 0 Å². The van der Waals surface area contributed by atoms with Gasteiger partial charge in [0, 0.05) is 11.6 Å². The summed E-state index contributed by atoms with van der Waals surface area (Å²) < 4.78 is 35.5. The molecule has 0 fully saturated rings. The molecule has 7 nitrogen and oxygen atoms in total. The molecular formula is C25H26ClNO6S. The Labute approximate surface area is 204 Å². The molecule has 0 aliphatic heterocycles. The summed E-state index contributed by atoms with van der Waals surface area (Å²) in [5.74, 6) is -0.156. The molecule has 3 aromatic rings. The van der Waals surface area contributed by atoms with Gasteiger partial charge < -0.3 is 19.9 Å². The molecule has 1 atom stereocenters. The van der Waals surface area contributed by atoms with E-state index in [4.69, 9.17) is 16.3 Å². The van der Waals surface area contributed by atoms with E-state index in [1.54, 1.807) is 42.5 Å². The zero-order chi connectivity index (χ0) is 24.6. The van der Waals surface area contributed by atoms with Crippen LogP contribution in [0.5, 0.6) is 5.75 Å². The van der Waals surface area contributed by atoms with Gasteiger partial charge in [0.2, 0.25) is 9.84 Å². The normalized spacial score (nSPS) is 12.2. The summed E-state index contributed by atoms with van der Waals surface area (Å²) in [4.78, 5) is 11.5. The van der Waals surface area contributed by atoms with E-state index in [2.05, 4.69) is 10.1 Å². The third kappa shape index (κ3) is 7.04. The number of hydrogen-bond acceptors (Lipinski definition) is 7. The highest BCUT2D eigenvalue weighted by Crippen LogP contribution is 2.24. The number of nitrogens with one attached hydrogen (secondary N) is 1. The van der Waals surface area contributed by atoms with Crippen LogP contribution in [-0.2, 0) is 25.8 Å². The summed E-state index contributed by atoms with van der Waals surface area (Å²) in [6, 6.07) is 19.7. The van der Waals surface area contributed by atoms with Crippen molar-refractivity contribution >= 4 is 27.4 Å². The molecule has 0 amide bonds. The van der Waals surface area contributed by atoms with Crippen LogP contribution in [0.1, 0.15) is 17.2 Å². The molecule has 0 saturated heterocycles. The fourth-order valence-corrected chi connectivity index (χ4v) is 4.65. The summed E-state index contributed by atoms with van der Waals surface area (Å²) in [5, 5.41) is 14.0. The maximum Gasteiger partial charge on any atom is 0.343 e. The van der Waals surface area contributed by atoms with Gasteiger partial charge in [-0.2, -0.15) is 0 Å². The molecule has 0 saturated carbocycles. The summed E-state index contributed by atoms with van der Waals surface area (Å²) in [7, 11) is -2.43. The summed E-state index contributed by atoms with van der Waals surface area (Å²) >= 11 is 5.95. The van der Waals surface area contributed by atoms with Crippen LogP contribution in [0.15, 0.2) is 82.6 Å². The topological polar surface area (TPSA) is 102 Å². The van der Waals surface area contributed by atoms with E-state index >= 15 is 0 Å². The van der Waals surface area contributed by atoms with E-state index in [9.17, 15) is 18.3 Å². The van der Waals surface area contributed by atoms with E-state index in [0.717, 1.165) is 11.1 Å². The standard InChI is InChI=1S/C25H26ClNO6S/c1-32-25(29)17-33-21-7-11-23(12-8-21)34(30,31)22-9-5-18(6-10-22)13-14-27-16-24(28)19-3-2-4-20(26)15-19/h2-12,15,24,27-28H,13-14,16-17H2,1H3/t24-/m0/s1. The molecule has 0 bridgehead atoms. The first-order valence-electron chi connectivity index (χ1n) is 10.6. The molecule has 34 heavy (non-hydrogen) atoms. The highest BCUT2D eigenvalue weighted by Gasteiger charge is 2.17. The van der Waals surface area contributed by atoms with Gasteiger partial charge in [0.25, 0.3) is 0 Å². The lowest BCUT2D eigenvalue weighted by Crippen LogP contribution is -2.23. The number of sulfone groups is 1. The fraction of sp³-hybridized carbons (Fsp3) is 0.240. The van der Waals surface area contributed by atoms with Crippen LogP contribution in [0.2, 0.25) is 5.02 Å². The molecule has 3 rings (SSSR count). The highest BCUT2D eigenvalue weighted by molar-refractivity contribution is 7.91. The second-order valence-electron chi connectivity index (χ2n) is 7.51. The van der Waals surface area contributed by atoms with Crippen LogP contribution < -0.4 is 10.1 Å². The summed E-state index contributed by atoms with van der Waals surface area (Å²) in [6.07, 6.45) is 0.0120. The second-order valence-corrected chi connectivity index (χ2v) is 9.89. The Morgan fingerprint density at radius 1 is 1.03 bits per heavy atom. The number of carbonyl (C=O) groups is 1. The Kier molecular flexibility index (Phi) is 9.06. The SMILES string of the molecule is COC(=O)COc1ccc(S(=O)(=O)c2ccc(CCNC[C@H](O)c3cccc(Cl)c3)cc2)cc1. The predicted molar refractivity (Wildman–Crippen MR) is 129 cm³/mol. The van der Waals surface area contributed by atoms with Gasteiger partial charge in [-0.05, 0) is 72.6 Å². The van der Waals surface area contributed by atoms with Crippen molar-refractivity contribution in [2.75, 3.05) is 26.8 Å². The van der Waals surface area contributed by atoms with Gasteiger partial charge >= 0.3 is 5.97 Å². The van der Waals surface area contributed by atoms with Crippen molar-refractivity contribution in [3.8, 4) is 5.75 Å². The Morgan fingerprint density at radius 3 is 2.29 bits per heavy atom. The zero-order valence-electron chi connectivity index (χ0n) is 18.6. The van der Waals surface area contributed by atoms with Gasteiger partial charge in [-0.1, -0.05) is 35.9 Å². The zero-order valence-corrected chi connectivity index (χ0v) is 20.2. The van der Waals surface area contributed by atoms with Crippen molar-refractivity contribution in [1.29, 1.82) is 0 Å². The molecular weight excluding hydrogens is 478 g/mol. The lowest BCUT2D eigenvalue weighted by Gasteiger charge is -2.13. The maximum atomic E-state index is 12.9. The smallest absolute Gasteiger partial charge is 0.343 e. The fourth-order valence-electron chi connectivity index (χ4n) is 3.19. The average Bonchev–Trinajstić information content (AvgIpc) is 2.85. The van der Waals surface area contributed by atoms with Crippen molar-refractivity contribution in [1.82, 2.24) is 5.32 Å². The minimum Gasteiger partial charge on any atom is -0.482 e. The summed E-state index contributed by atoms with van der Waals surface area (Å²) in [6.45, 7) is 0.751. The van der Waals surface area contributed by atoms with Crippen LogP contribution in [0.4, 0.5) is 0 Å². The Bertz CT molecular complexity index is 1200. The lowest BCUT2D eigenvalue weighted by molar-refractivity contribution is -0.142. The molecule has 0 heterocycles. The van der Waals surface area contributed by atoms with Crippen LogP contribution >= 0.6 is 11.6 Å². The first kappa shape index (κ1) is 25.7. The van der Waals surface area contributed by atoms with Crippen molar-refractivity contribution < 1.29 is 27.8 Å². The van der Waals surface area contributed by atoms with Crippen LogP contribution in [-0.4, -0.2) is 46.3 Å². The molecule has 180 valence electrons. The van der Waals surface area contributed by atoms with Crippen molar-refractivity contribution in [3.05, 3.63) is 88.9 Å². The molecule has 0 unspecified atom stereocenters. The monoisotopic (exact) mass is 503 g/mol. The van der Waals surface area contributed by atoms with Gasteiger partial charge in [-0.3, -0.25) is 0 Å². The molecule has 0 spiro atoms. The molecule has 2 N–H and O–H groups in total. The number of rotatable bonds is 11. The number of aliphatic hydroxyl groups is 1. The largest absolute Gasteiger partial charge is 0.482 e. The van der Waals surface area contributed by atoms with E-state index in [1.807, 2.05) is 6.07 Å². The summed E-state index contributed by atoms with van der Waals surface area (Å²) in [5.41, 5.74) is 1.72. The molecule has 0 aliphatic carbocycles. The third-order valence-corrected chi connectivity index (χ3v) is 7.13. The van der Waals surface area contributed by atoms with E-state index in [1.165, 1.54) is 31.4 Å². The van der Waals surface area contributed by atoms with Gasteiger partial charge in [0.05, 0.1) is 23.0 Å². The Morgan fingerprint density at radius 2 is 1.68 bits per heavy atom. The molecule has 3 aromatic carbocycles. The minimum atomic E-state index is -3.69. The van der Waals surface area contributed by atoms with Gasteiger partial charge in [0.1, 0.15) is 5.75 Å². The van der Waals surface area contributed by atoms with Gasteiger partial charge in [-0.15, -0.1) is 0 Å². The highest BCUT2D eigenvalue weighted by atomic mass is 35.5. The van der Waals surface area contributed by atoms with E-state index in [0.29, 0.717) is 30.3 Å². The number of esters is 1.